The van der Waals surface area contributed by atoms with Crippen molar-refractivity contribution in [3.8, 4) is 0 Å². The van der Waals surface area contributed by atoms with Gasteiger partial charge in [0.1, 0.15) is 0 Å². The lowest BCUT2D eigenvalue weighted by atomic mass is 10.0. The zero-order valence-electron chi connectivity index (χ0n) is 11.9. The van der Waals surface area contributed by atoms with Crippen LogP contribution in [0.25, 0.3) is 0 Å². The molecule has 0 spiro atoms. The van der Waals surface area contributed by atoms with Gasteiger partial charge in [0.25, 0.3) is 5.91 Å². The number of nitrogens with one attached hydrogen (secondary N) is 2. The van der Waals surface area contributed by atoms with Crippen LogP contribution in [0.15, 0.2) is 18.2 Å². The van der Waals surface area contributed by atoms with Gasteiger partial charge in [-0.2, -0.15) is 0 Å². The summed E-state index contributed by atoms with van der Waals surface area (Å²) in [5, 5.41) is 13.9. The van der Waals surface area contributed by atoms with Gasteiger partial charge in [0.05, 0.1) is 11.4 Å². The fourth-order valence-corrected chi connectivity index (χ4v) is 2.34. The second-order valence-corrected chi connectivity index (χ2v) is 5.28. The van der Waals surface area contributed by atoms with Crippen LogP contribution in [0.3, 0.4) is 0 Å². The molecule has 5 N–H and O–H groups in total. The molecule has 1 heterocycles. The fourth-order valence-electron chi connectivity index (χ4n) is 2.34. The van der Waals surface area contributed by atoms with Crippen molar-refractivity contribution in [3.63, 3.8) is 0 Å². The Morgan fingerprint density at radius 2 is 2.00 bits per heavy atom. The van der Waals surface area contributed by atoms with Crippen LogP contribution in [0.1, 0.15) is 23.2 Å². The first-order valence-corrected chi connectivity index (χ1v) is 6.84. The van der Waals surface area contributed by atoms with E-state index in [4.69, 9.17) is 10.8 Å². The normalized spacial score (nSPS) is 16.4. The lowest BCUT2D eigenvalue weighted by molar-refractivity contribution is 0.0917. The Morgan fingerprint density at radius 1 is 1.33 bits per heavy atom. The number of carbonyl (C=O) groups excluding carboxylic acids is 1. The van der Waals surface area contributed by atoms with Crippen molar-refractivity contribution in [2.75, 3.05) is 31.2 Å². The lowest BCUT2D eigenvalue weighted by Gasteiger charge is -2.29. The molecule has 0 atom stereocenters. The molecule has 0 radical (unpaired) electrons. The third-order valence-corrected chi connectivity index (χ3v) is 3.61. The number of piperidine rings is 1. The van der Waals surface area contributed by atoms with Crippen molar-refractivity contribution in [1.29, 1.82) is 0 Å². The maximum Gasteiger partial charge on any atom is 0.409 e. The highest BCUT2D eigenvalue weighted by molar-refractivity contribution is 5.98. The highest BCUT2D eigenvalue weighted by Gasteiger charge is 2.19. The number of benzene rings is 1. The maximum atomic E-state index is 12.2. The van der Waals surface area contributed by atoms with Gasteiger partial charge in [0.2, 0.25) is 0 Å². The zero-order valence-corrected chi connectivity index (χ0v) is 11.9. The minimum Gasteiger partial charge on any atom is -0.465 e. The third kappa shape index (κ3) is 4.09. The Bertz CT molecular complexity index is 539. The summed E-state index contributed by atoms with van der Waals surface area (Å²) in [4.78, 5) is 25.1. The minimum absolute atomic E-state index is 0.155. The first-order chi connectivity index (χ1) is 9.95. The maximum absolute atomic E-state index is 12.2. The Morgan fingerprint density at radius 3 is 2.62 bits per heavy atom. The summed E-state index contributed by atoms with van der Waals surface area (Å²) in [7, 11) is 2.06. The van der Waals surface area contributed by atoms with E-state index in [1.165, 1.54) is 12.1 Å². The number of carbonyl (C=O) groups is 2. The van der Waals surface area contributed by atoms with Crippen LogP contribution in [-0.4, -0.2) is 48.2 Å². The number of hydrogen-bond acceptors (Lipinski definition) is 4. The molecule has 114 valence electrons. The number of amides is 2. The van der Waals surface area contributed by atoms with Crippen LogP contribution in [0.5, 0.6) is 0 Å². The van der Waals surface area contributed by atoms with Crippen molar-refractivity contribution < 1.29 is 14.7 Å². The van der Waals surface area contributed by atoms with Gasteiger partial charge in [-0.25, -0.2) is 4.79 Å². The van der Waals surface area contributed by atoms with E-state index in [1.807, 2.05) is 0 Å². The molecule has 1 fully saturated rings. The second-order valence-electron chi connectivity index (χ2n) is 5.28. The van der Waals surface area contributed by atoms with E-state index in [0.717, 1.165) is 25.9 Å². The first-order valence-electron chi connectivity index (χ1n) is 6.84. The van der Waals surface area contributed by atoms with Gasteiger partial charge in [-0.05, 0) is 51.2 Å². The molecule has 21 heavy (non-hydrogen) atoms. The molecule has 0 aliphatic carbocycles. The van der Waals surface area contributed by atoms with Crippen LogP contribution < -0.4 is 16.4 Å². The molecule has 7 heteroatoms. The monoisotopic (exact) mass is 292 g/mol. The summed E-state index contributed by atoms with van der Waals surface area (Å²) in [6.45, 7) is 1.91. The van der Waals surface area contributed by atoms with Crippen molar-refractivity contribution in [2.24, 2.45) is 0 Å². The Balaban J connectivity index is 2.03. The Kier molecular flexibility index (Phi) is 4.64. The number of likely N-dealkylation sites (tertiary alicyclic amines) is 1. The molecule has 2 amide bonds. The quantitative estimate of drug-likeness (QED) is 0.626. The van der Waals surface area contributed by atoms with Gasteiger partial charge in [-0.15, -0.1) is 0 Å². The molecule has 2 rings (SSSR count). The molecule has 0 saturated carbocycles. The second kappa shape index (κ2) is 6.45. The summed E-state index contributed by atoms with van der Waals surface area (Å²) in [6, 6.07) is 4.72. The molecule has 0 bridgehead atoms. The molecule has 0 unspecified atom stereocenters. The molecule has 0 aromatic heterocycles. The summed E-state index contributed by atoms with van der Waals surface area (Å²) in [5.41, 5.74) is 6.58. The topological polar surface area (TPSA) is 108 Å². The molecule has 1 aromatic rings. The fraction of sp³-hybridized carbons (Fsp3) is 0.429. The third-order valence-electron chi connectivity index (χ3n) is 3.61. The highest BCUT2D eigenvalue weighted by Crippen LogP contribution is 2.20. The van der Waals surface area contributed by atoms with Gasteiger partial charge >= 0.3 is 6.09 Å². The van der Waals surface area contributed by atoms with E-state index < -0.39 is 6.09 Å². The van der Waals surface area contributed by atoms with Gasteiger partial charge in [-0.1, -0.05) is 0 Å². The van der Waals surface area contributed by atoms with Gasteiger partial charge in [0.15, 0.2) is 0 Å². The Labute approximate surface area is 123 Å². The standard InChI is InChI=1S/C14H20N4O3/c1-18-6-4-10(5-7-18)16-13(19)9-2-3-11(15)12(8-9)17-14(20)21/h2-3,8,10,17H,4-7,15H2,1H3,(H,16,19)(H,20,21). The smallest absolute Gasteiger partial charge is 0.409 e. The average molecular weight is 292 g/mol. The number of anilines is 2. The molecule has 1 aliphatic rings. The summed E-state index contributed by atoms with van der Waals surface area (Å²) in [5.74, 6) is -0.210. The predicted octanol–water partition coefficient (Wildman–Crippen LogP) is 1.18. The zero-order chi connectivity index (χ0) is 15.4. The number of nitrogens with two attached hydrogens (primary N) is 1. The van der Waals surface area contributed by atoms with E-state index in [-0.39, 0.29) is 23.3 Å². The number of hydrogen-bond donors (Lipinski definition) is 4. The molecule has 1 aliphatic heterocycles. The van der Waals surface area contributed by atoms with Crippen molar-refractivity contribution >= 4 is 23.4 Å². The van der Waals surface area contributed by atoms with E-state index in [2.05, 4.69) is 22.6 Å². The van der Waals surface area contributed by atoms with Crippen LogP contribution in [0.2, 0.25) is 0 Å². The molecule has 1 aromatic carbocycles. The lowest BCUT2D eigenvalue weighted by Crippen LogP contribution is -2.43. The SMILES string of the molecule is CN1CCC(NC(=O)c2ccc(N)c(NC(=O)O)c2)CC1. The molecular formula is C14H20N4O3. The average Bonchev–Trinajstić information content (AvgIpc) is 2.43. The molecular weight excluding hydrogens is 272 g/mol. The van der Waals surface area contributed by atoms with Crippen LogP contribution in [0, 0.1) is 0 Å². The van der Waals surface area contributed by atoms with Crippen molar-refractivity contribution in [2.45, 2.75) is 18.9 Å². The van der Waals surface area contributed by atoms with E-state index in [0.29, 0.717) is 5.56 Å². The van der Waals surface area contributed by atoms with E-state index in [9.17, 15) is 9.59 Å². The minimum atomic E-state index is -1.21. The number of nitrogen functional groups attached to an aromatic ring is 1. The van der Waals surface area contributed by atoms with Crippen LogP contribution in [-0.2, 0) is 0 Å². The first kappa shape index (κ1) is 15.1. The predicted molar refractivity (Wildman–Crippen MR) is 80.5 cm³/mol. The molecule has 1 saturated heterocycles. The van der Waals surface area contributed by atoms with Crippen LogP contribution in [0.4, 0.5) is 16.2 Å². The van der Waals surface area contributed by atoms with Gasteiger partial charge in [-0.3, -0.25) is 10.1 Å². The van der Waals surface area contributed by atoms with Crippen LogP contribution >= 0.6 is 0 Å². The molecule has 7 nitrogen and oxygen atoms in total. The summed E-state index contributed by atoms with van der Waals surface area (Å²) in [6.07, 6.45) is 0.615. The largest absolute Gasteiger partial charge is 0.465 e. The Hall–Kier alpha value is -2.28. The van der Waals surface area contributed by atoms with E-state index >= 15 is 0 Å². The summed E-state index contributed by atoms with van der Waals surface area (Å²) >= 11 is 0. The van der Waals surface area contributed by atoms with E-state index in [1.54, 1.807) is 6.07 Å². The van der Waals surface area contributed by atoms with Gasteiger partial charge in [0, 0.05) is 11.6 Å². The van der Waals surface area contributed by atoms with Gasteiger partial charge < -0.3 is 21.1 Å². The number of rotatable bonds is 3. The summed E-state index contributed by atoms with van der Waals surface area (Å²) < 4.78 is 0. The number of nitrogens with zero attached hydrogens (tertiary/aromatic N) is 1. The number of carboxylic acid groups (broad SMARTS) is 1. The highest BCUT2D eigenvalue weighted by atomic mass is 16.4. The van der Waals surface area contributed by atoms with Crippen molar-refractivity contribution in [1.82, 2.24) is 10.2 Å². The van der Waals surface area contributed by atoms with Crippen molar-refractivity contribution in [3.05, 3.63) is 23.8 Å².